The third kappa shape index (κ3) is 4.66. The Hall–Kier alpha value is -3.85. The Morgan fingerprint density at radius 2 is 1.92 bits per heavy atom. The topological polar surface area (TPSA) is 104 Å². The molecule has 0 aliphatic rings. The summed E-state index contributed by atoms with van der Waals surface area (Å²) in [7, 11) is 1.54. The van der Waals surface area contributed by atoms with Gasteiger partial charge in [-0.25, -0.2) is 14.4 Å². The van der Waals surface area contributed by atoms with Crippen molar-refractivity contribution in [3.05, 3.63) is 76.2 Å². The van der Waals surface area contributed by atoms with Crippen molar-refractivity contribution in [3.8, 4) is 11.5 Å². The van der Waals surface area contributed by atoms with Gasteiger partial charge in [0.15, 0.2) is 5.82 Å². The Bertz CT molecular complexity index is 1440. The summed E-state index contributed by atoms with van der Waals surface area (Å²) in [4.78, 5) is 22.2. The van der Waals surface area contributed by atoms with Gasteiger partial charge in [-0.3, -0.25) is 9.20 Å². The van der Waals surface area contributed by atoms with Gasteiger partial charge in [-0.15, -0.1) is 0 Å². The Kier molecular flexibility index (Phi) is 7.03. The van der Waals surface area contributed by atoms with Gasteiger partial charge in [0.2, 0.25) is 0 Å². The number of halogens is 2. The van der Waals surface area contributed by atoms with Crippen molar-refractivity contribution >= 4 is 34.5 Å². The number of ether oxygens (including phenoxy) is 2. The van der Waals surface area contributed by atoms with Crippen LogP contribution in [-0.2, 0) is 0 Å². The number of nitrogens with one attached hydrogen (secondary N) is 1. The number of nitrogens with zero attached hydrogens (tertiary/aromatic N) is 3. The number of hydrogen-bond donors (Lipinski definition) is 2. The second-order valence-electron chi connectivity index (χ2n) is 8.62. The lowest BCUT2D eigenvalue weighted by Gasteiger charge is -2.22. The molecular weight excluding hydrogens is 485 g/mol. The highest BCUT2D eigenvalue weighted by molar-refractivity contribution is 6.31. The van der Waals surface area contributed by atoms with Crippen LogP contribution in [0, 0.1) is 12.7 Å². The second-order valence-corrected chi connectivity index (χ2v) is 9.03. The smallest absolute Gasteiger partial charge is 0.262 e. The van der Waals surface area contributed by atoms with E-state index in [4.69, 9.17) is 31.8 Å². The van der Waals surface area contributed by atoms with Crippen molar-refractivity contribution in [2.24, 2.45) is 0 Å². The van der Waals surface area contributed by atoms with E-state index in [1.54, 1.807) is 57.6 Å². The van der Waals surface area contributed by atoms with Gasteiger partial charge in [-0.2, -0.15) is 0 Å². The Balaban J connectivity index is 1.85. The molecule has 4 rings (SSSR count). The molecule has 2 aromatic carbocycles. The summed E-state index contributed by atoms with van der Waals surface area (Å²) in [5.41, 5.74) is 8.14. The molecule has 0 radical (unpaired) electrons. The molecule has 188 valence electrons. The number of aryl methyl sites for hydroxylation is 1. The van der Waals surface area contributed by atoms with Crippen molar-refractivity contribution in [2.45, 2.75) is 39.7 Å². The number of nitrogens with two attached hydrogens (primary N) is 1. The molecule has 0 aliphatic heterocycles. The third-order valence-corrected chi connectivity index (χ3v) is 6.04. The number of anilines is 2. The minimum Gasteiger partial charge on any atom is -0.497 e. The van der Waals surface area contributed by atoms with E-state index >= 15 is 4.39 Å². The number of carbonyl (C=O) groups is 1. The van der Waals surface area contributed by atoms with Gasteiger partial charge in [-0.1, -0.05) is 18.5 Å². The predicted octanol–water partition coefficient (Wildman–Crippen LogP) is 5.61. The fourth-order valence-corrected chi connectivity index (χ4v) is 4.31. The summed E-state index contributed by atoms with van der Waals surface area (Å²) in [5.74, 6) is -0.311. The van der Waals surface area contributed by atoms with Crippen LogP contribution in [0.2, 0.25) is 5.02 Å². The average molecular weight is 512 g/mol. The van der Waals surface area contributed by atoms with Crippen LogP contribution in [-0.4, -0.2) is 33.5 Å². The molecule has 36 heavy (non-hydrogen) atoms. The van der Waals surface area contributed by atoms with Gasteiger partial charge < -0.3 is 20.5 Å². The molecule has 1 amide bonds. The number of hydrogen-bond acceptors (Lipinski definition) is 6. The first-order chi connectivity index (χ1) is 17.1. The average Bonchev–Trinajstić information content (AvgIpc) is 3.18. The highest BCUT2D eigenvalue weighted by Gasteiger charge is 2.30. The van der Waals surface area contributed by atoms with E-state index in [-0.39, 0.29) is 22.4 Å². The van der Waals surface area contributed by atoms with Crippen molar-refractivity contribution in [3.63, 3.8) is 0 Å². The van der Waals surface area contributed by atoms with E-state index in [0.29, 0.717) is 39.9 Å². The number of amides is 1. The van der Waals surface area contributed by atoms with E-state index < -0.39 is 17.6 Å². The number of nitrogen functional groups attached to an aromatic ring is 1. The van der Waals surface area contributed by atoms with Crippen molar-refractivity contribution in [2.75, 3.05) is 18.2 Å². The zero-order valence-corrected chi connectivity index (χ0v) is 21.4. The van der Waals surface area contributed by atoms with Crippen LogP contribution in [0.4, 0.5) is 15.9 Å². The zero-order valence-electron chi connectivity index (χ0n) is 20.6. The molecule has 2 heterocycles. The number of benzene rings is 2. The minimum absolute atomic E-state index is 0.0989. The zero-order chi connectivity index (χ0) is 26.1. The van der Waals surface area contributed by atoms with Crippen LogP contribution in [0.1, 0.15) is 54.1 Å². The van der Waals surface area contributed by atoms with Gasteiger partial charge in [0.1, 0.15) is 34.2 Å². The molecule has 0 saturated carbocycles. The Morgan fingerprint density at radius 3 is 2.56 bits per heavy atom. The molecule has 3 N–H and O–H groups in total. The van der Waals surface area contributed by atoms with E-state index in [9.17, 15) is 4.79 Å². The highest BCUT2D eigenvalue weighted by atomic mass is 35.5. The summed E-state index contributed by atoms with van der Waals surface area (Å²) in [6.45, 7) is 7.31. The summed E-state index contributed by atoms with van der Waals surface area (Å²) >= 11 is 6.31. The maximum absolute atomic E-state index is 15.4. The molecule has 1 unspecified atom stereocenters. The van der Waals surface area contributed by atoms with Crippen LogP contribution < -0.4 is 20.5 Å². The van der Waals surface area contributed by atoms with E-state index in [2.05, 4.69) is 10.3 Å². The Morgan fingerprint density at radius 1 is 1.22 bits per heavy atom. The Labute approximate surface area is 213 Å². The molecule has 2 aromatic heterocycles. The summed E-state index contributed by atoms with van der Waals surface area (Å²) in [6, 6.07) is 8.17. The lowest BCUT2D eigenvalue weighted by molar-refractivity contribution is 0.101. The molecule has 4 aromatic rings. The number of imidazole rings is 1. The minimum atomic E-state index is -0.869. The SMILES string of the molecule is COc1ccc(NC(=O)c2c(F)c(Cl)cc(C(C)c3nc(C)c4c(N)nccn34)c2OC(C)C)cc1. The lowest BCUT2D eigenvalue weighted by Crippen LogP contribution is -2.20. The quantitative estimate of drug-likeness (QED) is 0.334. The monoisotopic (exact) mass is 511 g/mol. The molecule has 1 atom stereocenters. The van der Waals surface area contributed by atoms with Crippen molar-refractivity contribution < 1.29 is 18.7 Å². The maximum Gasteiger partial charge on any atom is 0.262 e. The highest BCUT2D eigenvalue weighted by Crippen LogP contribution is 2.40. The van der Waals surface area contributed by atoms with Crippen molar-refractivity contribution in [1.82, 2.24) is 14.4 Å². The van der Waals surface area contributed by atoms with Crippen LogP contribution in [0.3, 0.4) is 0 Å². The lowest BCUT2D eigenvalue weighted by atomic mass is 9.95. The second kappa shape index (κ2) is 10.0. The number of rotatable bonds is 7. The first kappa shape index (κ1) is 25.2. The summed E-state index contributed by atoms with van der Waals surface area (Å²) in [5, 5.41) is 2.52. The van der Waals surface area contributed by atoms with Gasteiger partial charge in [0, 0.05) is 29.6 Å². The van der Waals surface area contributed by atoms with E-state index in [1.165, 1.54) is 6.07 Å². The van der Waals surface area contributed by atoms with Crippen molar-refractivity contribution in [1.29, 1.82) is 0 Å². The van der Waals surface area contributed by atoms with Crippen LogP contribution in [0.5, 0.6) is 11.5 Å². The molecule has 0 saturated heterocycles. The largest absolute Gasteiger partial charge is 0.497 e. The predicted molar refractivity (Wildman–Crippen MR) is 138 cm³/mol. The number of fused-ring (bicyclic) bond motifs is 1. The fourth-order valence-electron chi connectivity index (χ4n) is 4.10. The fraction of sp³-hybridized carbons (Fsp3) is 0.269. The molecular formula is C26H27ClFN5O3. The van der Waals surface area contributed by atoms with E-state index in [1.807, 2.05) is 18.2 Å². The first-order valence-corrected chi connectivity index (χ1v) is 11.7. The third-order valence-electron chi connectivity index (χ3n) is 5.77. The maximum atomic E-state index is 15.4. The molecule has 10 heteroatoms. The van der Waals surface area contributed by atoms with Gasteiger partial charge >= 0.3 is 0 Å². The normalized spacial score (nSPS) is 12.1. The van der Waals surface area contributed by atoms with Crippen LogP contribution in [0.15, 0.2) is 42.7 Å². The first-order valence-electron chi connectivity index (χ1n) is 11.3. The summed E-state index contributed by atoms with van der Waals surface area (Å²) in [6.07, 6.45) is 2.99. The molecule has 8 nitrogen and oxygen atoms in total. The molecule has 0 fully saturated rings. The van der Waals surface area contributed by atoms with Crippen LogP contribution >= 0.6 is 11.6 Å². The standard InChI is InChI=1S/C26H27ClFN5O3/c1-13(2)36-23-18(14(3)25-31-15(4)22-24(29)30-10-11-33(22)25)12-19(27)21(28)20(23)26(34)32-16-6-8-17(35-5)9-7-16/h6-14H,1-5H3,(H2,29,30)(H,32,34). The van der Waals surface area contributed by atoms with Gasteiger partial charge in [-0.05, 0) is 51.1 Å². The number of methoxy groups -OCH3 is 1. The molecule has 0 spiro atoms. The molecule has 0 bridgehead atoms. The number of carbonyl (C=O) groups excluding carboxylic acids is 1. The van der Waals surface area contributed by atoms with Gasteiger partial charge in [0.05, 0.1) is 23.9 Å². The van der Waals surface area contributed by atoms with Crippen LogP contribution in [0.25, 0.3) is 5.52 Å². The van der Waals surface area contributed by atoms with E-state index in [0.717, 1.165) is 0 Å². The van der Waals surface area contributed by atoms with Gasteiger partial charge in [0.25, 0.3) is 5.91 Å². The summed E-state index contributed by atoms with van der Waals surface area (Å²) < 4.78 is 28.4. The number of aromatic nitrogens is 3. The molecule has 0 aliphatic carbocycles.